The van der Waals surface area contributed by atoms with E-state index < -0.39 is 11.7 Å². The topological polar surface area (TPSA) is 61.8 Å². The maximum absolute atomic E-state index is 12.6. The lowest BCUT2D eigenvalue weighted by Gasteiger charge is -2.05. The third-order valence-electron chi connectivity index (χ3n) is 4.65. The number of benzene rings is 4. The van der Waals surface area contributed by atoms with E-state index in [2.05, 4.69) is 32.2 Å². The molecule has 5 nitrogen and oxygen atoms in total. The molecule has 0 atom stereocenters. The molecule has 0 amide bonds. The predicted molar refractivity (Wildman–Crippen MR) is 119 cm³/mol. The van der Waals surface area contributed by atoms with Crippen molar-refractivity contribution in [2.75, 3.05) is 0 Å². The number of fused-ring (bicyclic) bond motifs is 1. The minimum Gasteiger partial charge on any atom is -0.264 e. The number of hydrogen-bond acceptors (Lipinski definition) is 5. The van der Waals surface area contributed by atoms with Crippen LogP contribution in [0, 0.1) is 0 Å². The Hall–Kier alpha value is -4.20. The number of rotatable bonds is 5. The van der Waals surface area contributed by atoms with Crippen LogP contribution in [0.15, 0.2) is 110 Å². The minimum atomic E-state index is -4.38. The van der Waals surface area contributed by atoms with Crippen LogP contribution in [0.4, 0.5) is 41.6 Å². The van der Waals surface area contributed by atoms with Gasteiger partial charge in [0, 0.05) is 10.8 Å². The van der Waals surface area contributed by atoms with Crippen molar-refractivity contribution in [1.82, 2.24) is 0 Å². The Kier molecular flexibility index (Phi) is 5.85. The van der Waals surface area contributed by atoms with E-state index >= 15 is 0 Å². The summed E-state index contributed by atoms with van der Waals surface area (Å²) in [5.74, 6) is 0. The molecule has 0 N–H and O–H groups in total. The summed E-state index contributed by atoms with van der Waals surface area (Å²) in [6.07, 6.45) is -4.38. The molecule has 8 heteroatoms. The maximum Gasteiger partial charge on any atom is 0.416 e. The molecule has 0 saturated heterocycles. The van der Waals surface area contributed by atoms with Crippen LogP contribution in [0.1, 0.15) is 5.56 Å². The molecule has 0 aromatic heterocycles. The monoisotopic (exact) mass is 431 g/mol. The first kappa shape index (κ1) is 21.0. The van der Waals surface area contributed by atoms with Crippen LogP contribution >= 0.6 is 0 Å². The molecular formula is C24H16F3N5. The molecule has 4 rings (SSSR count). The van der Waals surface area contributed by atoms with Gasteiger partial charge in [-0.2, -0.15) is 28.5 Å². The van der Waals surface area contributed by atoms with Crippen molar-refractivity contribution in [2.45, 2.75) is 6.18 Å². The highest BCUT2D eigenvalue weighted by Crippen LogP contribution is 2.34. The highest BCUT2D eigenvalue weighted by molar-refractivity contribution is 6.00. The van der Waals surface area contributed by atoms with Crippen molar-refractivity contribution in [1.29, 1.82) is 0 Å². The second-order valence-electron chi connectivity index (χ2n) is 6.77. The maximum atomic E-state index is 12.6. The van der Waals surface area contributed by atoms with E-state index in [1.807, 2.05) is 36.4 Å². The third-order valence-corrected chi connectivity index (χ3v) is 4.65. The van der Waals surface area contributed by atoms with Gasteiger partial charge >= 0.3 is 6.18 Å². The van der Waals surface area contributed by atoms with Crippen molar-refractivity contribution < 1.29 is 13.2 Å². The average molecular weight is 431 g/mol. The number of alkyl halides is 3. The fourth-order valence-corrected chi connectivity index (χ4v) is 3.02. The number of azo groups is 2. The lowest BCUT2D eigenvalue weighted by Crippen LogP contribution is -2.03. The van der Waals surface area contributed by atoms with E-state index in [0.29, 0.717) is 22.7 Å². The van der Waals surface area contributed by atoms with Crippen LogP contribution in [0.2, 0.25) is 0 Å². The quantitative estimate of drug-likeness (QED) is 0.224. The summed E-state index contributed by atoms with van der Waals surface area (Å²) in [5.41, 5.74) is 2.24. The summed E-state index contributed by atoms with van der Waals surface area (Å²) >= 11 is 0. The zero-order valence-corrected chi connectivity index (χ0v) is 16.7. The fraction of sp³-hybridized carbons (Fsp3) is 0.0417. The van der Waals surface area contributed by atoms with Crippen LogP contribution in [0.3, 0.4) is 0 Å². The van der Waals surface area contributed by atoms with Gasteiger partial charge in [-0.1, -0.05) is 24.3 Å². The molecule has 4 aromatic carbocycles. The summed E-state index contributed by atoms with van der Waals surface area (Å²) in [6.45, 7) is 3.59. The zero-order chi connectivity index (χ0) is 22.6. The number of hydrogen-bond donors (Lipinski definition) is 0. The van der Waals surface area contributed by atoms with Crippen LogP contribution in [0.5, 0.6) is 0 Å². The van der Waals surface area contributed by atoms with Gasteiger partial charge in [-0.05, 0) is 67.4 Å². The first-order valence-electron chi connectivity index (χ1n) is 9.53. The first-order chi connectivity index (χ1) is 15.4. The largest absolute Gasteiger partial charge is 0.416 e. The van der Waals surface area contributed by atoms with Gasteiger partial charge in [0.1, 0.15) is 0 Å². The van der Waals surface area contributed by atoms with Crippen LogP contribution in [-0.4, -0.2) is 6.72 Å². The minimum absolute atomic E-state index is 0.325. The molecule has 0 unspecified atom stereocenters. The second-order valence-corrected chi connectivity index (χ2v) is 6.77. The lowest BCUT2D eigenvalue weighted by atomic mass is 10.1. The Morgan fingerprint density at radius 3 is 1.47 bits per heavy atom. The molecule has 0 fully saturated rings. The molecular weight excluding hydrogens is 415 g/mol. The molecule has 0 aliphatic heterocycles. The average Bonchev–Trinajstić information content (AvgIpc) is 2.81. The molecule has 0 aliphatic carbocycles. The van der Waals surface area contributed by atoms with Gasteiger partial charge < -0.3 is 0 Å². The first-order valence-corrected chi connectivity index (χ1v) is 9.53. The highest BCUT2D eigenvalue weighted by Gasteiger charge is 2.29. The molecule has 0 saturated carbocycles. The highest BCUT2D eigenvalue weighted by atomic mass is 19.4. The van der Waals surface area contributed by atoms with Crippen LogP contribution < -0.4 is 0 Å². The van der Waals surface area contributed by atoms with E-state index in [0.717, 1.165) is 28.6 Å². The Morgan fingerprint density at radius 2 is 0.969 bits per heavy atom. The Labute approximate surface area is 181 Å². The molecule has 0 spiro atoms. The van der Waals surface area contributed by atoms with E-state index in [-0.39, 0.29) is 0 Å². The van der Waals surface area contributed by atoms with Crippen molar-refractivity contribution in [3.63, 3.8) is 0 Å². The summed E-state index contributed by atoms with van der Waals surface area (Å²) in [5, 5.41) is 18.5. The van der Waals surface area contributed by atoms with E-state index in [1.165, 1.54) is 12.1 Å². The van der Waals surface area contributed by atoms with Gasteiger partial charge in [0.05, 0.1) is 34.0 Å². The van der Waals surface area contributed by atoms with Gasteiger partial charge in [-0.15, -0.1) is 5.11 Å². The van der Waals surface area contributed by atoms with Gasteiger partial charge in [0.15, 0.2) is 0 Å². The number of aliphatic imine (C=N–C) groups is 1. The molecule has 0 heterocycles. The molecule has 32 heavy (non-hydrogen) atoms. The predicted octanol–water partition coefficient (Wildman–Crippen LogP) is 9.02. The van der Waals surface area contributed by atoms with E-state index in [4.69, 9.17) is 0 Å². The molecule has 4 aromatic rings. The summed E-state index contributed by atoms with van der Waals surface area (Å²) in [6, 6.07) is 22.8. The number of nitrogens with zero attached hydrogens (tertiary/aromatic N) is 5. The van der Waals surface area contributed by atoms with Gasteiger partial charge in [-0.3, -0.25) is 4.99 Å². The Bertz CT molecular complexity index is 1310. The van der Waals surface area contributed by atoms with E-state index in [1.54, 1.807) is 24.3 Å². The smallest absolute Gasteiger partial charge is 0.264 e. The molecule has 0 aliphatic rings. The van der Waals surface area contributed by atoms with Crippen molar-refractivity contribution in [3.05, 3.63) is 90.5 Å². The molecule has 0 radical (unpaired) electrons. The standard InChI is InChI=1S/C24H16F3N5/c1-28-22-14-15-23(21-5-3-2-4-20(21)22)32-31-19-12-10-18(11-13-19)30-29-17-8-6-16(7-9-17)24(25,26)27/h2-15H,1H2. The second kappa shape index (κ2) is 8.89. The van der Waals surface area contributed by atoms with Crippen molar-refractivity contribution in [3.8, 4) is 0 Å². The molecule has 158 valence electrons. The summed E-state index contributed by atoms with van der Waals surface area (Å²) in [4.78, 5) is 4.03. The van der Waals surface area contributed by atoms with Crippen molar-refractivity contribution >= 4 is 45.9 Å². The van der Waals surface area contributed by atoms with Crippen LogP contribution in [0.25, 0.3) is 10.8 Å². The Morgan fingerprint density at radius 1 is 0.531 bits per heavy atom. The lowest BCUT2D eigenvalue weighted by molar-refractivity contribution is -0.137. The van der Waals surface area contributed by atoms with Gasteiger partial charge in [0.2, 0.25) is 0 Å². The third kappa shape index (κ3) is 4.75. The van der Waals surface area contributed by atoms with Crippen molar-refractivity contribution in [2.24, 2.45) is 25.4 Å². The van der Waals surface area contributed by atoms with Gasteiger partial charge in [0.25, 0.3) is 0 Å². The summed E-state index contributed by atoms with van der Waals surface area (Å²) in [7, 11) is 0. The molecule has 0 bridgehead atoms. The number of halogens is 3. The van der Waals surface area contributed by atoms with E-state index in [9.17, 15) is 13.2 Å². The van der Waals surface area contributed by atoms with Gasteiger partial charge in [-0.25, -0.2) is 0 Å². The normalized spacial score (nSPS) is 12.1. The SMILES string of the molecule is C=Nc1ccc(N=Nc2ccc(N=Nc3ccc(C(F)(F)F)cc3)cc2)c2ccccc12. The fourth-order valence-electron chi connectivity index (χ4n) is 3.02. The summed E-state index contributed by atoms with van der Waals surface area (Å²) < 4.78 is 37.8. The van der Waals surface area contributed by atoms with Crippen LogP contribution in [-0.2, 0) is 6.18 Å². The zero-order valence-electron chi connectivity index (χ0n) is 16.7. The Balaban J connectivity index is 1.49.